The Kier molecular flexibility index (Phi) is 2.72. The molecular formula is C15H21NO. The van der Waals surface area contributed by atoms with Crippen molar-refractivity contribution in [3.8, 4) is 0 Å². The van der Waals surface area contributed by atoms with Gasteiger partial charge in [0.05, 0.1) is 6.10 Å². The second-order valence-electron chi connectivity index (χ2n) is 5.59. The van der Waals surface area contributed by atoms with Crippen LogP contribution in [0.4, 0.5) is 0 Å². The van der Waals surface area contributed by atoms with Gasteiger partial charge in [0.2, 0.25) is 0 Å². The van der Waals surface area contributed by atoms with E-state index in [9.17, 15) is 0 Å². The quantitative estimate of drug-likeness (QED) is 0.735. The van der Waals surface area contributed by atoms with Crippen LogP contribution in [0.1, 0.15) is 44.8 Å². The summed E-state index contributed by atoms with van der Waals surface area (Å²) in [5, 5.41) is 0. The van der Waals surface area contributed by atoms with Crippen molar-refractivity contribution in [2.24, 2.45) is 0 Å². The fraction of sp³-hybridized carbons (Fsp3) is 0.600. The molecule has 0 amide bonds. The molecule has 0 unspecified atom stereocenters. The Balaban J connectivity index is 1.84. The average molecular weight is 231 g/mol. The fourth-order valence-corrected chi connectivity index (χ4v) is 3.35. The Morgan fingerprint density at radius 3 is 2.76 bits per heavy atom. The van der Waals surface area contributed by atoms with E-state index in [1.807, 2.05) is 0 Å². The van der Waals surface area contributed by atoms with Gasteiger partial charge in [0.1, 0.15) is 5.72 Å². The third-order valence-corrected chi connectivity index (χ3v) is 4.33. The molecule has 3 rings (SSSR count). The molecule has 2 heteroatoms. The highest BCUT2D eigenvalue weighted by Crippen LogP contribution is 2.43. The van der Waals surface area contributed by atoms with Gasteiger partial charge in [-0.1, -0.05) is 30.3 Å². The zero-order valence-corrected chi connectivity index (χ0v) is 10.7. The summed E-state index contributed by atoms with van der Waals surface area (Å²) in [6, 6.07) is 11.3. The van der Waals surface area contributed by atoms with Gasteiger partial charge in [0, 0.05) is 12.6 Å². The van der Waals surface area contributed by atoms with E-state index >= 15 is 0 Å². The summed E-state index contributed by atoms with van der Waals surface area (Å²) in [4.78, 5) is 2.55. The normalized spacial score (nSPS) is 38.0. The Hall–Kier alpha value is -0.860. The van der Waals surface area contributed by atoms with Crippen LogP contribution in [0.15, 0.2) is 30.3 Å². The maximum atomic E-state index is 6.34. The Morgan fingerprint density at radius 1 is 1.29 bits per heavy atom. The largest absolute Gasteiger partial charge is 0.351 e. The van der Waals surface area contributed by atoms with E-state index in [-0.39, 0.29) is 11.8 Å². The van der Waals surface area contributed by atoms with E-state index in [1.54, 1.807) is 0 Å². The first-order valence-corrected chi connectivity index (χ1v) is 6.68. The maximum absolute atomic E-state index is 6.34. The number of hydrogen-bond acceptors (Lipinski definition) is 2. The van der Waals surface area contributed by atoms with Crippen molar-refractivity contribution < 1.29 is 4.74 Å². The summed E-state index contributed by atoms with van der Waals surface area (Å²) in [6.07, 6.45) is 4.01. The Bertz CT molecular complexity index is 391. The Morgan fingerprint density at radius 2 is 2.06 bits per heavy atom. The molecule has 92 valence electrons. The van der Waals surface area contributed by atoms with Gasteiger partial charge in [-0.2, -0.15) is 0 Å². The van der Waals surface area contributed by atoms with Gasteiger partial charge in [-0.25, -0.2) is 0 Å². The number of nitrogens with zero attached hydrogens (tertiary/aromatic N) is 1. The van der Waals surface area contributed by atoms with Crippen molar-refractivity contribution >= 4 is 0 Å². The third kappa shape index (κ3) is 1.90. The van der Waals surface area contributed by atoms with Gasteiger partial charge in [-0.05, 0) is 38.7 Å². The molecular weight excluding hydrogens is 210 g/mol. The second kappa shape index (κ2) is 4.11. The number of fused-ring (bicyclic) bond motifs is 1. The molecule has 2 aliphatic heterocycles. The predicted molar refractivity (Wildman–Crippen MR) is 68.7 cm³/mol. The standard InChI is InChI=1S/C15H21NO/c1-12-7-6-10-15(2)16(12)11-14(17-15)13-8-4-3-5-9-13/h3-5,8-9,12,14H,6-7,10-11H2,1-2H3/t12-,14-,15-/m1/s1. The lowest BCUT2D eigenvalue weighted by Crippen LogP contribution is -2.50. The van der Waals surface area contributed by atoms with Crippen LogP contribution in [0.25, 0.3) is 0 Å². The SMILES string of the molecule is C[C@@H]1CCC[C@@]2(C)O[C@@H](c3ccccc3)CN12. The van der Waals surface area contributed by atoms with Crippen molar-refractivity contribution in [1.29, 1.82) is 0 Å². The van der Waals surface area contributed by atoms with Crippen molar-refractivity contribution in [3.63, 3.8) is 0 Å². The van der Waals surface area contributed by atoms with Crippen LogP contribution >= 0.6 is 0 Å². The first-order chi connectivity index (χ1) is 8.19. The monoisotopic (exact) mass is 231 g/mol. The van der Waals surface area contributed by atoms with Gasteiger partial charge in [0.15, 0.2) is 0 Å². The molecule has 0 radical (unpaired) electrons. The molecule has 1 aromatic carbocycles. The van der Waals surface area contributed by atoms with Crippen LogP contribution in [0.3, 0.4) is 0 Å². The molecule has 17 heavy (non-hydrogen) atoms. The van der Waals surface area contributed by atoms with Crippen LogP contribution in [0.5, 0.6) is 0 Å². The topological polar surface area (TPSA) is 12.5 Å². The minimum Gasteiger partial charge on any atom is -0.351 e. The zero-order valence-electron chi connectivity index (χ0n) is 10.7. The summed E-state index contributed by atoms with van der Waals surface area (Å²) in [7, 11) is 0. The van der Waals surface area contributed by atoms with Crippen LogP contribution in [-0.4, -0.2) is 23.2 Å². The fourth-order valence-electron chi connectivity index (χ4n) is 3.35. The van der Waals surface area contributed by atoms with Crippen molar-refractivity contribution in [1.82, 2.24) is 4.90 Å². The third-order valence-electron chi connectivity index (χ3n) is 4.33. The predicted octanol–water partition coefficient (Wildman–Crippen LogP) is 3.35. The molecule has 1 aromatic rings. The van der Waals surface area contributed by atoms with Gasteiger partial charge in [-0.3, -0.25) is 4.90 Å². The molecule has 0 aliphatic carbocycles. The molecule has 0 spiro atoms. The number of benzene rings is 1. The lowest BCUT2D eigenvalue weighted by Gasteiger charge is -2.42. The first kappa shape index (κ1) is 11.2. The summed E-state index contributed by atoms with van der Waals surface area (Å²) < 4.78 is 6.34. The summed E-state index contributed by atoms with van der Waals surface area (Å²) in [5.74, 6) is 0. The number of hydrogen-bond donors (Lipinski definition) is 0. The molecule has 0 N–H and O–H groups in total. The first-order valence-electron chi connectivity index (χ1n) is 6.68. The molecule has 0 saturated carbocycles. The van der Waals surface area contributed by atoms with E-state index in [2.05, 4.69) is 49.1 Å². The van der Waals surface area contributed by atoms with Gasteiger partial charge in [-0.15, -0.1) is 0 Å². The lowest BCUT2D eigenvalue weighted by molar-refractivity contribution is -0.124. The van der Waals surface area contributed by atoms with Crippen LogP contribution in [-0.2, 0) is 4.74 Å². The van der Waals surface area contributed by atoms with Crippen molar-refractivity contribution in [3.05, 3.63) is 35.9 Å². The molecule has 2 heterocycles. The highest BCUT2D eigenvalue weighted by Gasteiger charge is 2.47. The highest BCUT2D eigenvalue weighted by atomic mass is 16.5. The van der Waals surface area contributed by atoms with Crippen molar-refractivity contribution in [2.45, 2.75) is 51.0 Å². The minimum absolute atomic E-state index is 0.0296. The Labute approximate surface area is 104 Å². The van der Waals surface area contributed by atoms with E-state index in [1.165, 1.54) is 24.8 Å². The molecule has 2 fully saturated rings. The van der Waals surface area contributed by atoms with E-state index in [0.29, 0.717) is 6.04 Å². The second-order valence-corrected chi connectivity index (χ2v) is 5.59. The van der Waals surface area contributed by atoms with Crippen LogP contribution in [0.2, 0.25) is 0 Å². The molecule has 3 atom stereocenters. The average Bonchev–Trinajstić information content (AvgIpc) is 2.69. The van der Waals surface area contributed by atoms with Crippen LogP contribution < -0.4 is 0 Å². The lowest BCUT2D eigenvalue weighted by atomic mass is 9.95. The summed E-state index contributed by atoms with van der Waals surface area (Å²) >= 11 is 0. The van der Waals surface area contributed by atoms with E-state index in [4.69, 9.17) is 4.74 Å². The van der Waals surface area contributed by atoms with Crippen molar-refractivity contribution in [2.75, 3.05) is 6.54 Å². The van der Waals surface area contributed by atoms with Gasteiger partial charge < -0.3 is 4.74 Å². The molecule has 2 saturated heterocycles. The van der Waals surface area contributed by atoms with Gasteiger partial charge in [0.25, 0.3) is 0 Å². The summed E-state index contributed by atoms with van der Waals surface area (Å²) in [6.45, 7) is 5.63. The van der Waals surface area contributed by atoms with E-state index in [0.717, 1.165) is 6.54 Å². The van der Waals surface area contributed by atoms with Crippen LogP contribution in [0, 0.1) is 0 Å². The maximum Gasteiger partial charge on any atom is 0.120 e. The van der Waals surface area contributed by atoms with E-state index < -0.39 is 0 Å². The minimum atomic E-state index is -0.0296. The molecule has 2 nitrogen and oxygen atoms in total. The zero-order chi connectivity index (χ0) is 11.9. The van der Waals surface area contributed by atoms with Gasteiger partial charge >= 0.3 is 0 Å². The number of ether oxygens (including phenoxy) is 1. The number of piperidine rings is 1. The molecule has 0 bridgehead atoms. The molecule has 2 aliphatic rings. The highest BCUT2D eigenvalue weighted by molar-refractivity contribution is 5.19. The summed E-state index contributed by atoms with van der Waals surface area (Å²) in [5.41, 5.74) is 1.29. The number of rotatable bonds is 1. The smallest absolute Gasteiger partial charge is 0.120 e. The molecule has 0 aromatic heterocycles.